The molecule has 0 fully saturated rings. The van der Waals surface area contributed by atoms with Crippen LogP contribution >= 0.6 is 47.8 Å². The summed E-state index contributed by atoms with van der Waals surface area (Å²) in [5.41, 5.74) is 2.38. The number of methoxy groups -OCH3 is 2. The third-order valence-corrected chi connectivity index (χ3v) is 9.11. The van der Waals surface area contributed by atoms with Crippen LogP contribution in [0.2, 0.25) is 0 Å². The molecule has 0 spiro atoms. The highest BCUT2D eigenvalue weighted by Gasteiger charge is 2.28. The third kappa shape index (κ3) is 4.74. The molecule has 0 aromatic heterocycles. The van der Waals surface area contributed by atoms with Gasteiger partial charge >= 0.3 is 0 Å². The van der Waals surface area contributed by atoms with Crippen molar-refractivity contribution in [3.05, 3.63) is 73.1 Å². The molecule has 0 bridgehead atoms. The van der Waals surface area contributed by atoms with Crippen LogP contribution in [0.5, 0.6) is 11.5 Å². The van der Waals surface area contributed by atoms with Crippen molar-refractivity contribution in [3.8, 4) is 11.5 Å². The van der Waals surface area contributed by atoms with Gasteiger partial charge < -0.3 is 14.8 Å². The second-order valence-electron chi connectivity index (χ2n) is 7.16. The van der Waals surface area contributed by atoms with E-state index in [1.807, 2.05) is 0 Å². The Morgan fingerprint density at radius 1 is 0.941 bits per heavy atom. The van der Waals surface area contributed by atoms with Crippen molar-refractivity contribution < 1.29 is 22.7 Å². The van der Waals surface area contributed by atoms with Gasteiger partial charge in [0.05, 0.1) is 23.6 Å². The fraction of sp³-hybridized carbons (Fsp3) is 0.0870. The number of sulfonamides is 1. The number of nitrogens with one attached hydrogen (secondary N) is 2. The third-order valence-electron chi connectivity index (χ3n) is 5.06. The molecule has 0 atom stereocenters. The molecule has 176 valence electrons. The number of benzene rings is 3. The molecule has 3 aromatic rings. The lowest BCUT2D eigenvalue weighted by Crippen LogP contribution is -2.13. The first-order valence-electron chi connectivity index (χ1n) is 9.70. The van der Waals surface area contributed by atoms with Crippen LogP contribution in [0.1, 0.15) is 11.1 Å². The second-order valence-corrected chi connectivity index (χ2v) is 11.3. The summed E-state index contributed by atoms with van der Waals surface area (Å²) in [6.07, 6.45) is 1.66. The summed E-state index contributed by atoms with van der Waals surface area (Å²) < 4.78 is 41.4. The smallest absolute Gasteiger partial charge is 0.261 e. The van der Waals surface area contributed by atoms with E-state index in [-0.39, 0.29) is 10.8 Å². The highest BCUT2D eigenvalue weighted by atomic mass is 79.9. The fourth-order valence-electron chi connectivity index (χ4n) is 3.42. The van der Waals surface area contributed by atoms with E-state index in [2.05, 4.69) is 57.8 Å². The quantitative estimate of drug-likeness (QED) is 0.301. The van der Waals surface area contributed by atoms with Crippen molar-refractivity contribution in [3.63, 3.8) is 0 Å². The van der Waals surface area contributed by atoms with E-state index in [1.165, 1.54) is 26.4 Å². The van der Waals surface area contributed by atoms with Crippen LogP contribution < -0.4 is 19.5 Å². The average Bonchev–Trinajstić information content (AvgIpc) is 3.12. The zero-order valence-electron chi connectivity index (χ0n) is 17.8. The van der Waals surface area contributed by atoms with E-state index < -0.39 is 10.0 Å². The minimum Gasteiger partial charge on any atom is -0.493 e. The summed E-state index contributed by atoms with van der Waals surface area (Å²) in [5.74, 6) is 0.626. The van der Waals surface area contributed by atoms with Crippen molar-refractivity contribution in [2.75, 3.05) is 24.3 Å². The zero-order chi connectivity index (χ0) is 24.6. The summed E-state index contributed by atoms with van der Waals surface area (Å²) >= 11 is 10.3. The fourth-order valence-corrected chi connectivity index (χ4v) is 5.76. The second kappa shape index (κ2) is 9.73. The van der Waals surface area contributed by atoms with Crippen molar-refractivity contribution in [2.45, 2.75) is 4.90 Å². The Hall–Kier alpha value is -2.34. The summed E-state index contributed by atoms with van der Waals surface area (Å²) in [5, 5.41) is 2.78. The standard InChI is InChI=1S/C23H17Br3N2O5S/c1-32-19-10-12(20(25)21(26)22(19)33-2)9-17-16-11-15(7-8-18(16)27-23(17)29)34(30,31)28-14-5-3-13(24)4-6-14/h3-11,28H,1-2H3,(H,27,29). The maximum Gasteiger partial charge on any atom is 0.261 e. The molecular formula is C23H17Br3N2O5S. The number of rotatable bonds is 6. The van der Waals surface area contributed by atoms with E-state index >= 15 is 0 Å². The van der Waals surface area contributed by atoms with Crippen LogP contribution in [0.4, 0.5) is 11.4 Å². The number of fused-ring (bicyclic) bond motifs is 1. The van der Waals surface area contributed by atoms with Crippen LogP contribution in [0.15, 0.2) is 66.8 Å². The van der Waals surface area contributed by atoms with Crippen LogP contribution in [-0.2, 0) is 14.8 Å². The topological polar surface area (TPSA) is 93.7 Å². The Morgan fingerprint density at radius 2 is 1.65 bits per heavy atom. The van der Waals surface area contributed by atoms with Crippen LogP contribution in [0.25, 0.3) is 11.6 Å². The molecule has 4 rings (SSSR count). The number of hydrogen-bond donors (Lipinski definition) is 2. The van der Waals surface area contributed by atoms with Crippen molar-refractivity contribution in [1.29, 1.82) is 0 Å². The van der Waals surface area contributed by atoms with E-state index in [1.54, 1.807) is 42.5 Å². The van der Waals surface area contributed by atoms with Crippen molar-refractivity contribution in [1.82, 2.24) is 0 Å². The molecule has 0 saturated heterocycles. The van der Waals surface area contributed by atoms with Gasteiger partial charge in [-0.3, -0.25) is 9.52 Å². The SMILES string of the molecule is COc1cc(C=C2C(=O)Nc3ccc(S(=O)(=O)Nc4ccc(Br)cc4)cc32)c(Br)c(Br)c1OC. The largest absolute Gasteiger partial charge is 0.493 e. The highest BCUT2D eigenvalue weighted by molar-refractivity contribution is 9.13. The van der Waals surface area contributed by atoms with Crippen LogP contribution in [-0.4, -0.2) is 28.5 Å². The summed E-state index contributed by atoms with van der Waals surface area (Å²) in [7, 11) is -0.839. The molecule has 3 aromatic carbocycles. The van der Waals surface area contributed by atoms with E-state index in [4.69, 9.17) is 9.47 Å². The van der Waals surface area contributed by atoms with Crippen molar-refractivity contribution in [2.24, 2.45) is 0 Å². The average molecular weight is 673 g/mol. The molecule has 34 heavy (non-hydrogen) atoms. The lowest BCUT2D eigenvalue weighted by Gasteiger charge is -2.13. The summed E-state index contributed by atoms with van der Waals surface area (Å²) in [4.78, 5) is 12.8. The predicted molar refractivity (Wildman–Crippen MR) is 143 cm³/mol. The van der Waals surface area contributed by atoms with Gasteiger partial charge in [-0.2, -0.15) is 0 Å². The first-order chi connectivity index (χ1) is 16.1. The molecule has 11 heteroatoms. The Morgan fingerprint density at radius 3 is 2.29 bits per heavy atom. The lowest BCUT2D eigenvalue weighted by atomic mass is 10.0. The molecule has 1 heterocycles. The van der Waals surface area contributed by atoms with Gasteiger partial charge in [0.2, 0.25) is 0 Å². The first kappa shape index (κ1) is 24.8. The number of hydrogen-bond acceptors (Lipinski definition) is 5. The molecule has 1 aliphatic rings. The molecule has 1 amide bonds. The molecule has 0 radical (unpaired) electrons. The molecule has 2 N–H and O–H groups in total. The van der Waals surface area contributed by atoms with Crippen molar-refractivity contribution >= 4 is 86.7 Å². The van der Waals surface area contributed by atoms with Crippen LogP contribution in [0.3, 0.4) is 0 Å². The zero-order valence-corrected chi connectivity index (χ0v) is 23.4. The maximum absolute atomic E-state index is 13.0. The van der Waals surface area contributed by atoms with Gasteiger partial charge in [0.25, 0.3) is 15.9 Å². The normalized spacial score (nSPS) is 14.0. The number of carbonyl (C=O) groups excluding carboxylic acids is 1. The molecule has 0 saturated carbocycles. The number of amides is 1. The number of carbonyl (C=O) groups is 1. The molecular weight excluding hydrogens is 656 g/mol. The highest BCUT2D eigenvalue weighted by Crippen LogP contribution is 2.44. The Bertz CT molecular complexity index is 1440. The van der Waals surface area contributed by atoms with Gasteiger partial charge in [0, 0.05) is 31.5 Å². The number of anilines is 2. The van der Waals surface area contributed by atoms with Gasteiger partial charge in [-0.1, -0.05) is 15.9 Å². The Kier molecular flexibility index (Phi) is 7.09. The van der Waals surface area contributed by atoms with E-state index in [0.717, 1.165) is 4.47 Å². The Balaban J connectivity index is 1.77. The minimum atomic E-state index is -3.88. The monoisotopic (exact) mass is 670 g/mol. The molecule has 0 unspecified atom stereocenters. The first-order valence-corrected chi connectivity index (χ1v) is 13.6. The van der Waals surface area contributed by atoms with Gasteiger partial charge in [0.15, 0.2) is 11.5 Å². The molecule has 0 aliphatic carbocycles. The summed E-state index contributed by atoms with van der Waals surface area (Å²) in [6, 6.07) is 13.0. The van der Waals surface area contributed by atoms with E-state index in [9.17, 15) is 13.2 Å². The van der Waals surface area contributed by atoms with Gasteiger partial charge in [-0.05, 0) is 92.0 Å². The van der Waals surface area contributed by atoms with E-state index in [0.29, 0.717) is 48.5 Å². The number of ether oxygens (including phenoxy) is 2. The Labute approximate surface area is 222 Å². The van der Waals surface area contributed by atoms with Crippen LogP contribution in [0, 0.1) is 0 Å². The maximum atomic E-state index is 13.0. The predicted octanol–water partition coefficient (Wildman–Crippen LogP) is 6.28. The summed E-state index contributed by atoms with van der Waals surface area (Å²) in [6.45, 7) is 0. The molecule has 7 nitrogen and oxygen atoms in total. The van der Waals surface area contributed by atoms with Gasteiger partial charge in [-0.25, -0.2) is 8.42 Å². The number of halogens is 3. The molecule has 1 aliphatic heterocycles. The lowest BCUT2D eigenvalue weighted by molar-refractivity contribution is -0.110. The van der Waals surface area contributed by atoms with Gasteiger partial charge in [0.1, 0.15) is 0 Å². The van der Waals surface area contributed by atoms with Gasteiger partial charge in [-0.15, -0.1) is 0 Å². The minimum absolute atomic E-state index is 0.0316.